The molecule has 20 heavy (non-hydrogen) atoms. The molecule has 1 aliphatic heterocycles. The number of nitrogens with one attached hydrogen (secondary N) is 1. The van der Waals surface area contributed by atoms with Crippen LogP contribution in [0, 0.1) is 0 Å². The topological polar surface area (TPSA) is 82.5 Å². The van der Waals surface area contributed by atoms with Crippen molar-refractivity contribution in [3.8, 4) is 0 Å². The number of aromatic nitrogens is 2. The second-order valence-corrected chi connectivity index (χ2v) is 4.59. The number of esters is 1. The molecule has 1 aromatic heterocycles. The van der Waals surface area contributed by atoms with Crippen molar-refractivity contribution in [1.29, 1.82) is 0 Å². The van der Waals surface area contributed by atoms with E-state index in [1.807, 2.05) is 0 Å². The fraction of sp³-hybridized carbons (Fsp3) is 0.615. The van der Waals surface area contributed by atoms with E-state index >= 15 is 0 Å². The van der Waals surface area contributed by atoms with Crippen LogP contribution in [0.1, 0.15) is 49.3 Å². The molecular formula is C13H19N3O4. The Bertz CT molecular complexity index is 492. The second-order valence-electron chi connectivity index (χ2n) is 4.59. The number of amides is 1. The lowest BCUT2D eigenvalue weighted by atomic mass is 10.2. The van der Waals surface area contributed by atoms with Crippen molar-refractivity contribution in [2.75, 3.05) is 19.0 Å². The summed E-state index contributed by atoms with van der Waals surface area (Å²) >= 11 is 0. The first-order valence-electron chi connectivity index (χ1n) is 6.74. The third kappa shape index (κ3) is 3.16. The van der Waals surface area contributed by atoms with Gasteiger partial charge >= 0.3 is 5.97 Å². The number of nitrogens with zero attached hydrogens (tertiary/aromatic N) is 2. The molecule has 1 atom stereocenters. The molecule has 2 rings (SSSR count). The van der Waals surface area contributed by atoms with Crippen molar-refractivity contribution in [2.24, 2.45) is 0 Å². The molecule has 0 spiro atoms. The van der Waals surface area contributed by atoms with Crippen molar-refractivity contribution < 1.29 is 19.1 Å². The Morgan fingerprint density at radius 1 is 1.55 bits per heavy atom. The van der Waals surface area contributed by atoms with Crippen molar-refractivity contribution in [1.82, 2.24) is 9.78 Å². The molecule has 1 aromatic rings. The first-order valence-corrected chi connectivity index (χ1v) is 6.74. The Morgan fingerprint density at radius 3 is 2.95 bits per heavy atom. The van der Waals surface area contributed by atoms with Gasteiger partial charge < -0.3 is 14.8 Å². The molecule has 0 aromatic carbocycles. The Balaban J connectivity index is 2.25. The zero-order valence-corrected chi connectivity index (χ0v) is 11.7. The number of carbonyl (C=O) groups excluding carboxylic acids is 2. The normalized spacial score (nSPS) is 18.6. The summed E-state index contributed by atoms with van der Waals surface area (Å²) in [4.78, 5) is 23.2. The molecule has 1 fully saturated rings. The smallest absolute Gasteiger partial charge is 0.360 e. The minimum absolute atomic E-state index is 0.100. The number of carbonyl (C=O) groups is 2. The van der Waals surface area contributed by atoms with Crippen molar-refractivity contribution in [3.63, 3.8) is 0 Å². The van der Waals surface area contributed by atoms with Gasteiger partial charge in [-0.05, 0) is 19.3 Å². The quantitative estimate of drug-likeness (QED) is 0.850. The number of hydrogen-bond donors (Lipinski definition) is 1. The maximum Gasteiger partial charge on any atom is 0.360 e. The van der Waals surface area contributed by atoms with E-state index in [-0.39, 0.29) is 17.8 Å². The van der Waals surface area contributed by atoms with Crippen LogP contribution in [0.25, 0.3) is 0 Å². The van der Waals surface area contributed by atoms with Gasteiger partial charge in [0.25, 0.3) is 0 Å². The Hall–Kier alpha value is -1.89. The molecule has 1 unspecified atom stereocenters. The van der Waals surface area contributed by atoms with Crippen LogP contribution >= 0.6 is 0 Å². The fourth-order valence-electron chi connectivity index (χ4n) is 2.05. The molecule has 1 N–H and O–H groups in total. The minimum Gasteiger partial charge on any atom is -0.464 e. The van der Waals surface area contributed by atoms with E-state index in [0.717, 1.165) is 19.3 Å². The average Bonchev–Trinajstić information content (AvgIpc) is 2.91. The highest BCUT2D eigenvalue weighted by Gasteiger charge is 2.23. The molecule has 1 amide bonds. The molecule has 1 saturated heterocycles. The highest BCUT2D eigenvalue weighted by Crippen LogP contribution is 2.25. The number of hydrogen-bond acceptors (Lipinski definition) is 5. The van der Waals surface area contributed by atoms with E-state index in [4.69, 9.17) is 4.74 Å². The Labute approximate surface area is 117 Å². The summed E-state index contributed by atoms with van der Waals surface area (Å²) in [5.41, 5.74) is 0.460. The number of ether oxygens (including phenoxy) is 2. The van der Waals surface area contributed by atoms with Gasteiger partial charge in [-0.25, -0.2) is 9.48 Å². The average molecular weight is 281 g/mol. The molecule has 0 saturated carbocycles. The third-order valence-corrected chi connectivity index (χ3v) is 3.16. The number of rotatable bonds is 4. The van der Waals surface area contributed by atoms with Crippen molar-refractivity contribution >= 4 is 17.6 Å². The van der Waals surface area contributed by atoms with E-state index in [1.54, 1.807) is 17.8 Å². The van der Waals surface area contributed by atoms with Crippen LogP contribution in [-0.2, 0) is 14.3 Å². The zero-order chi connectivity index (χ0) is 14.5. The van der Waals surface area contributed by atoms with E-state index in [1.165, 1.54) is 7.11 Å². The lowest BCUT2D eigenvalue weighted by Gasteiger charge is -2.22. The van der Waals surface area contributed by atoms with Crippen LogP contribution in [0.5, 0.6) is 0 Å². The van der Waals surface area contributed by atoms with Crippen molar-refractivity contribution in [2.45, 2.75) is 38.8 Å². The highest BCUT2D eigenvalue weighted by atomic mass is 16.5. The summed E-state index contributed by atoms with van der Waals surface area (Å²) < 4.78 is 11.9. The van der Waals surface area contributed by atoms with Gasteiger partial charge in [0.05, 0.1) is 19.0 Å². The predicted octanol–water partition coefficient (Wildman–Crippen LogP) is 1.72. The molecule has 2 heterocycles. The number of methoxy groups -OCH3 is 1. The van der Waals surface area contributed by atoms with Gasteiger partial charge in [-0.2, -0.15) is 5.10 Å². The summed E-state index contributed by atoms with van der Waals surface area (Å²) in [7, 11) is 1.28. The standard InChI is InChI=1S/C13H19N3O4/c1-3-10(17)14-9-8-16(11-6-4-5-7-20-11)15-12(9)13(18)19-2/h8,11H,3-7H2,1-2H3,(H,14,17). The van der Waals surface area contributed by atoms with Gasteiger partial charge in [-0.1, -0.05) is 6.92 Å². The molecule has 110 valence electrons. The summed E-state index contributed by atoms with van der Waals surface area (Å²) in [6.07, 6.45) is 4.67. The second kappa shape index (κ2) is 6.51. The zero-order valence-electron chi connectivity index (χ0n) is 11.7. The fourth-order valence-corrected chi connectivity index (χ4v) is 2.05. The number of anilines is 1. The molecule has 1 aliphatic rings. The summed E-state index contributed by atoms with van der Waals surface area (Å²) in [6.45, 7) is 2.41. The molecule has 7 nitrogen and oxygen atoms in total. The lowest BCUT2D eigenvalue weighted by Crippen LogP contribution is -2.19. The van der Waals surface area contributed by atoms with Crippen LogP contribution in [0.3, 0.4) is 0 Å². The molecule has 0 bridgehead atoms. The third-order valence-electron chi connectivity index (χ3n) is 3.16. The molecular weight excluding hydrogens is 262 g/mol. The maximum atomic E-state index is 11.7. The van der Waals surface area contributed by atoms with Gasteiger partial charge in [0.15, 0.2) is 5.69 Å². The van der Waals surface area contributed by atoms with Gasteiger partial charge in [0.2, 0.25) is 5.91 Å². The van der Waals surface area contributed by atoms with E-state index in [2.05, 4.69) is 15.2 Å². The van der Waals surface area contributed by atoms with Crippen LogP contribution < -0.4 is 5.32 Å². The van der Waals surface area contributed by atoms with Gasteiger partial charge in [-0.3, -0.25) is 4.79 Å². The minimum atomic E-state index is -0.578. The first kappa shape index (κ1) is 14.5. The largest absolute Gasteiger partial charge is 0.464 e. The summed E-state index contributed by atoms with van der Waals surface area (Å²) in [5, 5.41) is 6.85. The van der Waals surface area contributed by atoms with Crippen LogP contribution in [-0.4, -0.2) is 35.4 Å². The maximum absolute atomic E-state index is 11.7. The van der Waals surface area contributed by atoms with E-state index in [0.29, 0.717) is 18.7 Å². The van der Waals surface area contributed by atoms with Gasteiger partial charge in [-0.15, -0.1) is 0 Å². The van der Waals surface area contributed by atoms with E-state index in [9.17, 15) is 9.59 Å². The highest BCUT2D eigenvalue weighted by molar-refractivity contribution is 5.99. The van der Waals surface area contributed by atoms with Crippen molar-refractivity contribution in [3.05, 3.63) is 11.9 Å². The van der Waals surface area contributed by atoms with Gasteiger partial charge in [0.1, 0.15) is 6.23 Å². The predicted molar refractivity (Wildman–Crippen MR) is 71.3 cm³/mol. The summed E-state index contributed by atoms with van der Waals surface area (Å²) in [5.74, 6) is -0.759. The van der Waals surface area contributed by atoms with Gasteiger partial charge in [0, 0.05) is 13.0 Å². The van der Waals surface area contributed by atoms with Crippen LogP contribution in [0.4, 0.5) is 5.69 Å². The molecule has 0 radical (unpaired) electrons. The first-order chi connectivity index (χ1) is 9.65. The summed E-state index contributed by atoms with van der Waals surface area (Å²) in [6, 6.07) is 0. The van der Waals surface area contributed by atoms with Crippen LogP contribution in [0.15, 0.2) is 6.20 Å². The molecule has 0 aliphatic carbocycles. The monoisotopic (exact) mass is 281 g/mol. The Morgan fingerprint density at radius 2 is 2.35 bits per heavy atom. The van der Waals surface area contributed by atoms with Crippen LogP contribution in [0.2, 0.25) is 0 Å². The SMILES string of the molecule is CCC(=O)Nc1cn(C2CCCCO2)nc1C(=O)OC. The van der Waals surface area contributed by atoms with E-state index < -0.39 is 5.97 Å². The molecule has 7 heteroatoms. The Kier molecular flexibility index (Phi) is 4.73. The lowest BCUT2D eigenvalue weighted by molar-refractivity contribution is -0.115.